The minimum absolute atomic E-state index is 0.127. The van der Waals surface area contributed by atoms with Crippen LogP contribution in [0.3, 0.4) is 0 Å². The SMILES string of the molecule is CC1(N)CCCCC1C(=O)Nc1ccc(Cl)c(C(N)=O)c1. The van der Waals surface area contributed by atoms with Crippen LogP contribution in [0.4, 0.5) is 5.69 Å². The van der Waals surface area contributed by atoms with E-state index in [0.717, 1.165) is 25.7 Å². The molecule has 2 rings (SSSR count). The Labute approximate surface area is 129 Å². The van der Waals surface area contributed by atoms with Crippen LogP contribution in [0.2, 0.25) is 5.02 Å². The molecular formula is C15H20ClN3O2. The molecule has 1 aromatic rings. The van der Waals surface area contributed by atoms with Crippen molar-refractivity contribution in [2.75, 3.05) is 5.32 Å². The van der Waals surface area contributed by atoms with Crippen LogP contribution in [0.5, 0.6) is 0 Å². The molecule has 1 aromatic carbocycles. The van der Waals surface area contributed by atoms with E-state index >= 15 is 0 Å². The van der Waals surface area contributed by atoms with Gasteiger partial charge in [0.15, 0.2) is 0 Å². The number of hydrogen-bond acceptors (Lipinski definition) is 3. The highest BCUT2D eigenvalue weighted by Gasteiger charge is 2.37. The molecule has 0 aromatic heterocycles. The molecule has 2 amide bonds. The van der Waals surface area contributed by atoms with Crippen molar-refractivity contribution in [3.63, 3.8) is 0 Å². The van der Waals surface area contributed by atoms with Crippen LogP contribution in [0, 0.1) is 5.92 Å². The normalized spacial score (nSPS) is 25.4. The number of nitrogens with one attached hydrogen (secondary N) is 1. The van der Waals surface area contributed by atoms with Crippen molar-refractivity contribution in [1.82, 2.24) is 0 Å². The largest absolute Gasteiger partial charge is 0.366 e. The third-order valence-corrected chi connectivity index (χ3v) is 4.40. The zero-order chi connectivity index (χ0) is 15.6. The summed E-state index contributed by atoms with van der Waals surface area (Å²) in [6, 6.07) is 4.67. The van der Waals surface area contributed by atoms with Crippen molar-refractivity contribution in [1.29, 1.82) is 0 Å². The minimum atomic E-state index is -0.627. The standard InChI is InChI=1S/C15H20ClN3O2/c1-15(18)7-3-2-4-11(15)14(21)19-9-5-6-12(16)10(8-9)13(17)20/h5-6,8,11H,2-4,7,18H2,1H3,(H2,17,20)(H,19,21). The molecule has 0 saturated heterocycles. The van der Waals surface area contributed by atoms with Crippen LogP contribution in [0.1, 0.15) is 43.0 Å². The Morgan fingerprint density at radius 1 is 1.38 bits per heavy atom. The number of primary amides is 1. The van der Waals surface area contributed by atoms with Crippen LogP contribution < -0.4 is 16.8 Å². The van der Waals surface area contributed by atoms with Crippen molar-refractivity contribution in [3.05, 3.63) is 28.8 Å². The Hall–Kier alpha value is -1.59. The lowest BCUT2D eigenvalue weighted by Crippen LogP contribution is -2.51. The number of hydrogen-bond donors (Lipinski definition) is 3. The topological polar surface area (TPSA) is 98.2 Å². The van der Waals surface area contributed by atoms with Gasteiger partial charge < -0.3 is 16.8 Å². The lowest BCUT2D eigenvalue weighted by molar-refractivity contribution is -0.122. The van der Waals surface area contributed by atoms with E-state index in [0.29, 0.717) is 5.69 Å². The first-order chi connectivity index (χ1) is 9.81. The van der Waals surface area contributed by atoms with Gasteiger partial charge in [-0.1, -0.05) is 24.4 Å². The molecule has 1 aliphatic rings. The molecule has 2 unspecified atom stereocenters. The number of halogens is 1. The third-order valence-electron chi connectivity index (χ3n) is 4.07. The summed E-state index contributed by atoms with van der Waals surface area (Å²) in [6.07, 6.45) is 3.65. The van der Waals surface area contributed by atoms with Gasteiger partial charge in [0.25, 0.3) is 0 Å². The van der Waals surface area contributed by atoms with Crippen molar-refractivity contribution in [3.8, 4) is 0 Å². The maximum atomic E-state index is 12.4. The fraction of sp³-hybridized carbons (Fsp3) is 0.467. The maximum Gasteiger partial charge on any atom is 0.250 e. The number of anilines is 1. The van der Waals surface area contributed by atoms with Gasteiger partial charge in [-0.25, -0.2) is 0 Å². The summed E-state index contributed by atoms with van der Waals surface area (Å²) in [5, 5.41) is 3.07. The van der Waals surface area contributed by atoms with Gasteiger partial charge in [0, 0.05) is 11.2 Å². The Bertz CT molecular complexity index is 572. The lowest BCUT2D eigenvalue weighted by atomic mass is 9.74. The van der Waals surface area contributed by atoms with Crippen LogP contribution in [0.25, 0.3) is 0 Å². The van der Waals surface area contributed by atoms with Crippen LogP contribution in [0.15, 0.2) is 18.2 Å². The monoisotopic (exact) mass is 309 g/mol. The molecular weight excluding hydrogens is 290 g/mol. The molecule has 0 spiro atoms. The molecule has 0 aliphatic heterocycles. The summed E-state index contributed by atoms with van der Waals surface area (Å²) in [5.41, 5.74) is 11.7. The van der Waals surface area contributed by atoms with E-state index in [-0.39, 0.29) is 22.4 Å². The summed E-state index contributed by atoms with van der Waals surface area (Å²) in [4.78, 5) is 23.7. The van der Waals surface area contributed by atoms with Crippen molar-refractivity contribution >= 4 is 29.1 Å². The van der Waals surface area contributed by atoms with E-state index in [1.807, 2.05) is 6.92 Å². The van der Waals surface area contributed by atoms with Gasteiger partial charge in [0.2, 0.25) is 11.8 Å². The lowest BCUT2D eigenvalue weighted by Gasteiger charge is -2.37. The van der Waals surface area contributed by atoms with Gasteiger partial charge >= 0.3 is 0 Å². The number of carbonyl (C=O) groups excluding carboxylic acids is 2. The van der Waals surface area contributed by atoms with E-state index in [9.17, 15) is 9.59 Å². The first-order valence-corrected chi connectivity index (χ1v) is 7.38. The third kappa shape index (κ3) is 3.54. The van der Waals surface area contributed by atoms with E-state index in [1.54, 1.807) is 12.1 Å². The smallest absolute Gasteiger partial charge is 0.250 e. The number of carbonyl (C=O) groups is 2. The van der Waals surface area contributed by atoms with Gasteiger partial charge in [-0.3, -0.25) is 9.59 Å². The molecule has 21 heavy (non-hydrogen) atoms. The second kappa shape index (κ2) is 6.03. The van der Waals surface area contributed by atoms with Gasteiger partial charge in [0.05, 0.1) is 16.5 Å². The van der Waals surface area contributed by atoms with Crippen LogP contribution in [-0.2, 0) is 4.79 Å². The number of rotatable bonds is 3. The maximum absolute atomic E-state index is 12.4. The molecule has 0 bridgehead atoms. The van der Waals surface area contributed by atoms with Crippen molar-refractivity contribution < 1.29 is 9.59 Å². The second-order valence-corrected chi connectivity index (χ2v) is 6.26. The van der Waals surface area contributed by atoms with Gasteiger partial charge in [-0.2, -0.15) is 0 Å². The zero-order valence-corrected chi connectivity index (χ0v) is 12.7. The van der Waals surface area contributed by atoms with Gasteiger partial charge in [-0.15, -0.1) is 0 Å². The summed E-state index contributed by atoms with van der Waals surface area (Å²) in [7, 11) is 0. The second-order valence-electron chi connectivity index (χ2n) is 5.85. The highest BCUT2D eigenvalue weighted by molar-refractivity contribution is 6.34. The molecule has 114 valence electrons. The van der Waals surface area contributed by atoms with E-state index < -0.39 is 11.4 Å². The quantitative estimate of drug-likeness (QED) is 0.799. The molecule has 6 heteroatoms. The highest BCUT2D eigenvalue weighted by Crippen LogP contribution is 2.32. The summed E-state index contributed by atoms with van der Waals surface area (Å²) < 4.78 is 0. The van der Waals surface area contributed by atoms with E-state index in [4.69, 9.17) is 23.1 Å². The predicted molar refractivity (Wildman–Crippen MR) is 83.2 cm³/mol. The highest BCUT2D eigenvalue weighted by atomic mass is 35.5. The number of benzene rings is 1. The van der Waals surface area contributed by atoms with Crippen molar-refractivity contribution in [2.45, 2.75) is 38.1 Å². The molecule has 1 aliphatic carbocycles. The van der Waals surface area contributed by atoms with Crippen molar-refractivity contribution in [2.24, 2.45) is 17.4 Å². The fourth-order valence-electron chi connectivity index (χ4n) is 2.81. The van der Waals surface area contributed by atoms with E-state index in [1.165, 1.54) is 6.07 Å². The van der Waals surface area contributed by atoms with Gasteiger partial charge in [-0.05, 0) is 38.0 Å². The summed E-state index contributed by atoms with van der Waals surface area (Å²) in [5.74, 6) is -0.992. The molecule has 1 fully saturated rings. The molecule has 0 radical (unpaired) electrons. The first-order valence-electron chi connectivity index (χ1n) is 7.00. The first kappa shape index (κ1) is 15.8. The molecule has 1 saturated carbocycles. The zero-order valence-electron chi connectivity index (χ0n) is 12.0. The van der Waals surface area contributed by atoms with Crippen LogP contribution in [-0.4, -0.2) is 17.4 Å². The minimum Gasteiger partial charge on any atom is -0.366 e. The molecule has 0 heterocycles. The van der Waals surface area contributed by atoms with E-state index in [2.05, 4.69) is 5.32 Å². The summed E-state index contributed by atoms with van der Waals surface area (Å²) >= 11 is 5.89. The van der Waals surface area contributed by atoms with Crippen LogP contribution >= 0.6 is 11.6 Å². The predicted octanol–water partition coefficient (Wildman–Crippen LogP) is 2.29. The van der Waals surface area contributed by atoms with Gasteiger partial charge in [0.1, 0.15) is 0 Å². The molecule has 5 nitrogen and oxygen atoms in total. The Kier molecular flexibility index (Phi) is 4.54. The average molecular weight is 310 g/mol. The Balaban J connectivity index is 2.16. The number of amides is 2. The Morgan fingerprint density at radius 2 is 2.10 bits per heavy atom. The summed E-state index contributed by atoms with van der Waals surface area (Å²) in [6.45, 7) is 1.91. The average Bonchev–Trinajstić information content (AvgIpc) is 2.40. The molecule has 5 N–H and O–H groups in total. The Morgan fingerprint density at radius 3 is 2.71 bits per heavy atom. The fourth-order valence-corrected chi connectivity index (χ4v) is 3.02. The molecule has 2 atom stereocenters. The number of nitrogens with two attached hydrogens (primary N) is 2.